The van der Waals surface area contributed by atoms with E-state index < -0.39 is 0 Å². The lowest BCUT2D eigenvalue weighted by Crippen LogP contribution is -2.24. The van der Waals surface area contributed by atoms with Gasteiger partial charge in [-0.25, -0.2) is 4.98 Å². The van der Waals surface area contributed by atoms with E-state index in [0.717, 1.165) is 18.8 Å². The number of nitrogens with zero attached hydrogens (tertiary/aromatic N) is 2. The van der Waals surface area contributed by atoms with Crippen LogP contribution < -0.4 is 10.6 Å². The third-order valence-electron chi connectivity index (χ3n) is 2.82. The molecule has 5 heteroatoms. The lowest BCUT2D eigenvalue weighted by molar-refractivity contribution is -0.144. The maximum atomic E-state index is 11.4. The van der Waals surface area contributed by atoms with E-state index in [9.17, 15) is 4.79 Å². The fourth-order valence-electron chi connectivity index (χ4n) is 1.91. The second kappa shape index (κ2) is 4.38. The highest BCUT2D eigenvalue weighted by Gasteiger charge is 2.29. The number of nitrogens with two attached hydrogens (primary N) is 1. The summed E-state index contributed by atoms with van der Waals surface area (Å²) in [5.41, 5.74) is 6.21. The van der Waals surface area contributed by atoms with Gasteiger partial charge in [0.2, 0.25) is 0 Å². The predicted octanol–water partition coefficient (Wildman–Crippen LogP) is 0.663. The topological polar surface area (TPSA) is 68.5 Å². The molecule has 1 unspecified atom stereocenters. The van der Waals surface area contributed by atoms with Crippen LogP contribution in [0, 0.1) is 5.92 Å². The van der Waals surface area contributed by atoms with Crippen LogP contribution in [0.5, 0.6) is 0 Å². The molecule has 86 valence electrons. The molecule has 16 heavy (non-hydrogen) atoms. The summed E-state index contributed by atoms with van der Waals surface area (Å²) in [5, 5.41) is 0. The maximum Gasteiger partial charge on any atom is 0.310 e. The molecule has 0 amide bonds. The maximum absolute atomic E-state index is 11.4. The van der Waals surface area contributed by atoms with E-state index in [-0.39, 0.29) is 11.9 Å². The lowest BCUT2D eigenvalue weighted by Gasteiger charge is -2.16. The Kier molecular flexibility index (Phi) is 2.94. The molecule has 1 atom stereocenters. The first kappa shape index (κ1) is 10.7. The molecule has 1 aliphatic rings. The second-order valence-electron chi connectivity index (χ2n) is 3.90. The van der Waals surface area contributed by atoms with Crippen molar-refractivity contribution in [2.45, 2.75) is 6.42 Å². The monoisotopic (exact) mass is 221 g/mol. The standard InChI is InChI=1S/C11H15N3O2/c1-16-11(15)8-4-5-14(7-8)10-3-2-9(12)6-13-10/h2-3,6,8H,4-5,7,12H2,1H3. The Morgan fingerprint density at radius 1 is 1.62 bits per heavy atom. The van der Waals surface area contributed by atoms with Crippen molar-refractivity contribution >= 4 is 17.5 Å². The predicted molar refractivity (Wildman–Crippen MR) is 61.0 cm³/mol. The highest BCUT2D eigenvalue weighted by Crippen LogP contribution is 2.23. The van der Waals surface area contributed by atoms with Crippen molar-refractivity contribution in [3.8, 4) is 0 Å². The zero-order valence-corrected chi connectivity index (χ0v) is 9.22. The summed E-state index contributed by atoms with van der Waals surface area (Å²) < 4.78 is 4.73. The number of pyridine rings is 1. The molecule has 1 aromatic heterocycles. The molecule has 0 aromatic carbocycles. The van der Waals surface area contributed by atoms with Crippen molar-refractivity contribution in [2.24, 2.45) is 5.92 Å². The first-order valence-corrected chi connectivity index (χ1v) is 5.25. The molecular formula is C11H15N3O2. The molecule has 2 rings (SSSR count). The number of carbonyl (C=O) groups is 1. The van der Waals surface area contributed by atoms with Crippen LogP contribution in [0.15, 0.2) is 18.3 Å². The van der Waals surface area contributed by atoms with Gasteiger partial charge < -0.3 is 15.4 Å². The van der Waals surface area contributed by atoms with Crippen LogP contribution >= 0.6 is 0 Å². The first-order chi connectivity index (χ1) is 7.70. The van der Waals surface area contributed by atoms with Crippen molar-refractivity contribution in [2.75, 3.05) is 30.8 Å². The normalized spacial score (nSPS) is 19.8. The Labute approximate surface area is 94.2 Å². The fraction of sp³-hybridized carbons (Fsp3) is 0.455. The van der Waals surface area contributed by atoms with Gasteiger partial charge in [-0.2, -0.15) is 0 Å². The van der Waals surface area contributed by atoms with E-state index in [0.29, 0.717) is 12.2 Å². The molecule has 1 aromatic rings. The average molecular weight is 221 g/mol. The molecule has 0 radical (unpaired) electrons. The number of methoxy groups -OCH3 is 1. The van der Waals surface area contributed by atoms with Crippen molar-refractivity contribution < 1.29 is 9.53 Å². The van der Waals surface area contributed by atoms with Gasteiger partial charge in [0.1, 0.15) is 5.82 Å². The zero-order valence-electron chi connectivity index (χ0n) is 9.22. The zero-order chi connectivity index (χ0) is 11.5. The van der Waals surface area contributed by atoms with Gasteiger partial charge in [0, 0.05) is 13.1 Å². The fourth-order valence-corrected chi connectivity index (χ4v) is 1.91. The van der Waals surface area contributed by atoms with Crippen LogP contribution in [-0.4, -0.2) is 31.2 Å². The Morgan fingerprint density at radius 2 is 2.44 bits per heavy atom. The van der Waals surface area contributed by atoms with Crippen LogP contribution in [0.2, 0.25) is 0 Å². The highest BCUT2D eigenvalue weighted by molar-refractivity contribution is 5.74. The van der Waals surface area contributed by atoms with Crippen molar-refractivity contribution in [3.05, 3.63) is 18.3 Å². The number of hydrogen-bond donors (Lipinski definition) is 1. The molecule has 0 bridgehead atoms. The Balaban J connectivity index is 2.03. The summed E-state index contributed by atoms with van der Waals surface area (Å²) in [5.74, 6) is 0.683. The molecule has 5 nitrogen and oxygen atoms in total. The minimum absolute atomic E-state index is 0.0376. The summed E-state index contributed by atoms with van der Waals surface area (Å²) in [6.45, 7) is 1.50. The van der Waals surface area contributed by atoms with Gasteiger partial charge in [0.15, 0.2) is 0 Å². The van der Waals surface area contributed by atoms with Crippen molar-refractivity contribution in [1.29, 1.82) is 0 Å². The van der Waals surface area contributed by atoms with Gasteiger partial charge in [0.05, 0.1) is 24.9 Å². The number of aromatic nitrogens is 1. The summed E-state index contributed by atoms with van der Waals surface area (Å²) >= 11 is 0. The smallest absolute Gasteiger partial charge is 0.310 e. The number of anilines is 2. The Morgan fingerprint density at radius 3 is 3.06 bits per heavy atom. The van der Waals surface area contributed by atoms with Crippen LogP contribution in [0.25, 0.3) is 0 Å². The van der Waals surface area contributed by atoms with E-state index in [2.05, 4.69) is 9.88 Å². The van der Waals surface area contributed by atoms with E-state index in [1.807, 2.05) is 12.1 Å². The van der Waals surface area contributed by atoms with Crippen LogP contribution in [0.1, 0.15) is 6.42 Å². The molecule has 2 heterocycles. The van der Waals surface area contributed by atoms with Gasteiger partial charge in [-0.3, -0.25) is 4.79 Å². The van der Waals surface area contributed by atoms with Crippen molar-refractivity contribution in [1.82, 2.24) is 4.98 Å². The van der Waals surface area contributed by atoms with Crippen LogP contribution in [0.4, 0.5) is 11.5 Å². The minimum Gasteiger partial charge on any atom is -0.469 e. The van der Waals surface area contributed by atoms with Gasteiger partial charge >= 0.3 is 5.97 Å². The molecular weight excluding hydrogens is 206 g/mol. The number of carbonyl (C=O) groups excluding carboxylic acids is 1. The molecule has 2 N–H and O–H groups in total. The largest absolute Gasteiger partial charge is 0.469 e. The van der Waals surface area contributed by atoms with E-state index in [1.54, 1.807) is 6.20 Å². The molecule has 1 saturated heterocycles. The van der Waals surface area contributed by atoms with Crippen molar-refractivity contribution in [3.63, 3.8) is 0 Å². The first-order valence-electron chi connectivity index (χ1n) is 5.25. The highest BCUT2D eigenvalue weighted by atomic mass is 16.5. The van der Waals surface area contributed by atoms with E-state index in [1.165, 1.54) is 7.11 Å². The number of nitrogen functional groups attached to an aromatic ring is 1. The molecule has 1 aliphatic heterocycles. The second-order valence-corrected chi connectivity index (χ2v) is 3.90. The van der Waals surface area contributed by atoms with Crippen LogP contribution in [-0.2, 0) is 9.53 Å². The summed E-state index contributed by atoms with van der Waals surface area (Å²) in [6.07, 6.45) is 2.44. The SMILES string of the molecule is COC(=O)C1CCN(c2ccc(N)cn2)C1. The number of ether oxygens (including phenoxy) is 1. The Hall–Kier alpha value is -1.78. The number of esters is 1. The number of rotatable bonds is 2. The van der Waals surface area contributed by atoms with Gasteiger partial charge in [-0.15, -0.1) is 0 Å². The summed E-state index contributed by atoms with van der Waals surface area (Å²) in [6, 6.07) is 3.68. The van der Waals surface area contributed by atoms with E-state index >= 15 is 0 Å². The third kappa shape index (κ3) is 2.08. The molecule has 0 spiro atoms. The van der Waals surface area contributed by atoms with Gasteiger partial charge in [0.25, 0.3) is 0 Å². The van der Waals surface area contributed by atoms with E-state index in [4.69, 9.17) is 10.5 Å². The third-order valence-corrected chi connectivity index (χ3v) is 2.82. The van der Waals surface area contributed by atoms with Gasteiger partial charge in [-0.05, 0) is 18.6 Å². The minimum atomic E-state index is -0.141. The molecule has 0 aliphatic carbocycles. The molecule has 1 fully saturated rings. The summed E-state index contributed by atoms with van der Waals surface area (Å²) in [7, 11) is 1.42. The average Bonchev–Trinajstić information content (AvgIpc) is 2.78. The van der Waals surface area contributed by atoms with Crippen LogP contribution in [0.3, 0.4) is 0 Å². The Bertz CT molecular complexity index is 377. The molecule has 0 saturated carbocycles. The quantitative estimate of drug-likeness (QED) is 0.743. The summed E-state index contributed by atoms with van der Waals surface area (Å²) in [4.78, 5) is 17.7. The number of hydrogen-bond acceptors (Lipinski definition) is 5. The lowest BCUT2D eigenvalue weighted by atomic mass is 10.1. The van der Waals surface area contributed by atoms with Gasteiger partial charge in [-0.1, -0.05) is 0 Å².